The number of thioether (sulfide) groups is 1. The zero-order valence-electron chi connectivity index (χ0n) is 10.9. The molecule has 4 heteroatoms. The van der Waals surface area contributed by atoms with E-state index in [1.165, 1.54) is 32.1 Å². The van der Waals surface area contributed by atoms with Gasteiger partial charge in [0.15, 0.2) is 5.78 Å². The summed E-state index contributed by atoms with van der Waals surface area (Å²) in [6.45, 7) is 0. The molecule has 19 heavy (non-hydrogen) atoms. The van der Waals surface area contributed by atoms with Crippen molar-refractivity contribution in [2.24, 2.45) is 5.92 Å². The van der Waals surface area contributed by atoms with Crippen molar-refractivity contribution in [2.75, 3.05) is 7.11 Å². The van der Waals surface area contributed by atoms with Gasteiger partial charge in [-0.05, 0) is 43.9 Å². The molecule has 0 aromatic heterocycles. The van der Waals surface area contributed by atoms with Crippen molar-refractivity contribution in [3.05, 3.63) is 29.6 Å². The van der Waals surface area contributed by atoms with Gasteiger partial charge in [-0.2, -0.15) is 11.8 Å². The maximum absolute atomic E-state index is 13.8. The first-order valence-corrected chi connectivity index (χ1v) is 7.65. The summed E-state index contributed by atoms with van der Waals surface area (Å²) in [6, 6.07) is 4.39. The second-order valence-corrected chi connectivity index (χ2v) is 6.94. The molecule has 2 aliphatic rings. The maximum Gasteiger partial charge on any atom is 0.169 e. The van der Waals surface area contributed by atoms with Crippen LogP contribution in [0, 0.1) is 11.7 Å². The lowest BCUT2D eigenvalue weighted by Crippen LogP contribution is -2.25. The fraction of sp³-hybridized carbons (Fsp3) is 0.533. The molecule has 0 radical (unpaired) electrons. The van der Waals surface area contributed by atoms with Crippen LogP contribution in [0.15, 0.2) is 18.2 Å². The topological polar surface area (TPSA) is 26.3 Å². The molecule has 102 valence electrons. The number of fused-ring (bicyclic) bond motifs is 2. The van der Waals surface area contributed by atoms with Crippen LogP contribution < -0.4 is 4.74 Å². The molecule has 0 saturated carbocycles. The molecule has 0 aliphatic carbocycles. The van der Waals surface area contributed by atoms with E-state index < -0.39 is 5.82 Å². The van der Waals surface area contributed by atoms with Crippen molar-refractivity contribution in [1.82, 2.24) is 0 Å². The molecular formula is C15H17FO2S. The summed E-state index contributed by atoms with van der Waals surface area (Å²) < 4.78 is 18.9. The van der Waals surface area contributed by atoms with E-state index in [1.54, 1.807) is 6.07 Å². The molecule has 2 fully saturated rings. The second-order valence-electron chi connectivity index (χ2n) is 5.34. The van der Waals surface area contributed by atoms with Gasteiger partial charge in [-0.1, -0.05) is 0 Å². The lowest BCUT2D eigenvalue weighted by Gasteiger charge is -2.26. The molecule has 0 N–H and O–H groups in total. The minimum absolute atomic E-state index is 0.0136. The fourth-order valence-corrected chi connectivity index (χ4v) is 4.89. The highest BCUT2D eigenvalue weighted by Gasteiger charge is 2.38. The van der Waals surface area contributed by atoms with Crippen molar-refractivity contribution in [3.63, 3.8) is 0 Å². The van der Waals surface area contributed by atoms with Crippen molar-refractivity contribution >= 4 is 17.5 Å². The molecule has 2 saturated heterocycles. The Bertz CT molecular complexity index is 491. The minimum atomic E-state index is -0.434. The van der Waals surface area contributed by atoms with E-state index in [1.807, 2.05) is 11.8 Å². The van der Waals surface area contributed by atoms with Gasteiger partial charge in [-0.3, -0.25) is 4.79 Å². The average molecular weight is 280 g/mol. The van der Waals surface area contributed by atoms with E-state index >= 15 is 0 Å². The Morgan fingerprint density at radius 2 is 2.00 bits per heavy atom. The zero-order chi connectivity index (χ0) is 13.4. The number of methoxy groups -OCH3 is 1. The Hall–Kier alpha value is -1.03. The SMILES string of the molecule is COc1ccc(F)c(C(=O)C2CC3CCC(C2)S3)c1. The van der Waals surface area contributed by atoms with Crippen molar-refractivity contribution in [2.45, 2.75) is 36.2 Å². The highest BCUT2D eigenvalue weighted by atomic mass is 32.2. The molecule has 0 spiro atoms. The van der Waals surface area contributed by atoms with Crippen molar-refractivity contribution in [1.29, 1.82) is 0 Å². The Kier molecular flexibility index (Phi) is 3.52. The molecule has 2 unspecified atom stereocenters. The molecule has 2 heterocycles. The van der Waals surface area contributed by atoms with Gasteiger partial charge in [-0.15, -0.1) is 0 Å². The molecule has 1 aromatic rings. The lowest BCUT2D eigenvalue weighted by molar-refractivity contribution is 0.0902. The van der Waals surface area contributed by atoms with Gasteiger partial charge in [0.25, 0.3) is 0 Å². The molecule has 2 atom stereocenters. The first-order chi connectivity index (χ1) is 9.17. The quantitative estimate of drug-likeness (QED) is 0.790. The number of halogens is 1. The third-order valence-electron chi connectivity index (χ3n) is 4.10. The average Bonchev–Trinajstić information content (AvgIpc) is 2.77. The Labute approximate surface area is 116 Å². The summed E-state index contributed by atoms with van der Waals surface area (Å²) in [5.74, 6) is 0.0447. The Morgan fingerprint density at radius 1 is 1.32 bits per heavy atom. The molecule has 2 nitrogen and oxygen atoms in total. The highest BCUT2D eigenvalue weighted by molar-refractivity contribution is 8.00. The number of rotatable bonds is 3. The third kappa shape index (κ3) is 2.50. The standard InChI is InChI=1S/C15H17FO2S/c1-18-10-2-5-14(16)13(8-10)15(17)9-6-11-3-4-12(7-9)19-11/h2,5,8-9,11-12H,3-4,6-7H2,1H3. The van der Waals surface area contributed by atoms with Gasteiger partial charge in [0.1, 0.15) is 11.6 Å². The maximum atomic E-state index is 13.8. The summed E-state index contributed by atoms with van der Waals surface area (Å²) in [7, 11) is 1.53. The number of carbonyl (C=O) groups is 1. The minimum Gasteiger partial charge on any atom is -0.497 e. The van der Waals surface area contributed by atoms with Gasteiger partial charge in [-0.25, -0.2) is 4.39 Å². The van der Waals surface area contributed by atoms with Gasteiger partial charge in [0.2, 0.25) is 0 Å². The third-order valence-corrected chi connectivity index (χ3v) is 5.73. The summed E-state index contributed by atoms with van der Waals surface area (Å²) in [6.07, 6.45) is 4.21. The van der Waals surface area contributed by atoms with E-state index in [9.17, 15) is 9.18 Å². The molecule has 0 amide bonds. The van der Waals surface area contributed by atoms with Crippen LogP contribution >= 0.6 is 11.8 Å². The van der Waals surface area contributed by atoms with E-state index in [0.29, 0.717) is 16.2 Å². The van der Waals surface area contributed by atoms with Crippen LogP contribution in [0.1, 0.15) is 36.0 Å². The van der Waals surface area contributed by atoms with Crippen LogP contribution in [0.25, 0.3) is 0 Å². The normalized spacial score (nSPS) is 29.3. The molecule has 2 aliphatic heterocycles. The number of ketones is 1. The van der Waals surface area contributed by atoms with Crippen LogP contribution in [0.4, 0.5) is 4.39 Å². The summed E-state index contributed by atoms with van der Waals surface area (Å²) in [4.78, 5) is 12.5. The molecule has 2 bridgehead atoms. The lowest BCUT2D eigenvalue weighted by atomic mass is 9.90. The van der Waals surface area contributed by atoms with Gasteiger partial charge >= 0.3 is 0 Å². The number of ether oxygens (including phenoxy) is 1. The van der Waals surface area contributed by atoms with E-state index in [-0.39, 0.29) is 17.3 Å². The van der Waals surface area contributed by atoms with Gasteiger partial charge < -0.3 is 4.74 Å². The summed E-state index contributed by atoms with van der Waals surface area (Å²) in [5.41, 5.74) is 0.190. The van der Waals surface area contributed by atoms with E-state index in [2.05, 4.69) is 0 Å². The monoisotopic (exact) mass is 280 g/mol. The second kappa shape index (κ2) is 5.16. The molecule has 1 aromatic carbocycles. The van der Waals surface area contributed by atoms with Crippen LogP contribution in [-0.2, 0) is 0 Å². The predicted molar refractivity (Wildman–Crippen MR) is 74.4 cm³/mol. The number of Topliss-reactive ketones (excluding diaryl/α,β-unsaturated/α-hetero) is 1. The van der Waals surface area contributed by atoms with E-state index in [0.717, 1.165) is 12.8 Å². The first kappa shape index (κ1) is 13.0. The number of benzene rings is 1. The van der Waals surface area contributed by atoms with Gasteiger partial charge in [0, 0.05) is 16.4 Å². The Balaban J connectivity index is 1.83. The fourth-order valence-electron chi connectivity index (χ4n) is 3.11. The van der Waals surface area contributed by atoms with Crippen LogP contribution in [0.3, 0.4) is 0 Å². The first-order valence-electron chi connectivity index (χ1n) is 6.70. The van der Waals surface area contributed by atoms with Crippen LogP contribution in [0.2, 0.25) is 0 Å². The zero-order valence-corrected chi connectivity index (χ0v) is 11.7. The predicted octanol–water partition coefficient (Wildman–Crippen LogP) is 3.69. The van der Waals surface area contributed by atoms with Gasteiger partial charge in [0.05, 0.1) is 12.7 Å². The largest absolute Gasteiger partial charge is 0.497 e. The molecule has 3 rings (SSSR count). The number of carbonyl (C=O) groups excluding carboxylic acids is 1. The smallest absolute Gasteiger partial charge is 0.169 e. The van der Waals surface area contributed by atoms with Crippen LogP contribution in [0.5, 0.6) is 5.75 Å². The van der Waals surface area contributed by atoms with Crippen molar-refractivity contribution < 1.29 is 13.9 Å². The number of hydrogen-bond donors (Lipinski definition) is 0. The van der Waals surface area contributed by atoms with E-state index in [4.69, 9.17) is 4.74 Å². The van der Waals surface area contributed by atoms with Crippen molar-refractivity contribution in [3.8, 4) is 5.75 Å². The Morgan fingerprint density at radius 3 is 2.63 bits per heavy atom. The van der Waals surface area contributed by atoms with Crippen LogP contribution in [-0.4, -0.2) is 23.4 Å². The summed E-state index contributed by atoms with van der Waals surface area (Å²) >= 11 is 2.01. The number of hydrogen-bond acceptors (Lipinski definition) is 3. The summed E-state index contributed by atoms with van der Waals surface area (Å²) in [5, 5.41) is 1.20. The highest BCUT2D eigenvalue weighted by Crippen LogP contribution is 2.46. The molecular weight excluding hydrogens is 263 g/mol.